The molecular weight excluding hydrogens is 211 g/mol. The van der Waals surface area contributed by atoms with E-state index in [2.05, 4.69) is 12.7 Å². The summed E-state index contributed by atoms with van der Waals surface area (Å²) in [5, 5.41) is 0. The van der Waals surface area contributed by atoms with Crippen LogP contribution in [-0.2, 0) is 0 Å². The third-order valence-electron chi connectivity index (χ3n) is 3.63. The first-order valence-electron chi connectivity index (χ1n) is 6.34. The molecule has 1 aliphatic rings. The number of benzene rings is 1. The molecule has 0 spiro atoms. The zero-order valence-corrected chi connectivity index (χ0v) is 10.1. The summed E-state index contributed by atoms with van der Waals surface area (Å²) in [6, 6.07) is 7.00. The molecule has 1 saturated carbocycles. The van der Waals surface area contributed by atoms with Crippen molar-refractivity contribution in [1.29, 1.82) is 0 Å². The summed E-state index contributed by atoms with van der Waals surface area (Å²) >= 11 is 0. The molecule has 1 heteroatoms. The van der Waals surface area contributed by atoms with Crippen molar-refractivity contribution in [2.75, 3.05) is 0 Å². The molecule has 17 heavy (non-hydrogen) atoms. The molecule has 1 aliphatic carbocycles. The zero-order valence-electron chi connectivity index (χ0n) is 10.1. The molecule has 0 aliphatic heterocycles. The van der Waals surface area contributed by atoms with Crippen LogP contribution in [0.25, 0.3) is 0 Å². The van der Waals surface area contributed by atoms with Crippen LogP contribution in [0.3, 0.4) is 0 Å². The fourth-order valence-electron chi connectivity index (χ4n) is 2.62. The molecule has 90 valence electrons. The molecule has 0 unspecified atom stereocenters. The van der Waals surface area contributed by atoms with E-state index >= 15 is 0 Å². The molecule has 0 atom stereocenters. The van der Waals surface area contributed by atoms with Crippen molar-refractivity contribution in [3.8, 4) is 0 Å². The number of allylic oxidation sites excluding steroid dienone is 3. The van der Waals surface area contributed by atoms with Crippen molar-refractivity contribution in [2.24, 2.45) is 5.92 Å². The average molecular weight is 230 g/mol. The Labute approximate surface area is 103 Å². The molecule has 1 fully saturated rings. The second-order valence-corrected chi connectivity index (χ2v) is 4.78. The Morgan fingerprint density at radius 1 is 1.06 bits per heavy atom. The Bertz CT molecular complexity index is 380. The minimum atomic E-state index is -0.142. The van der Waals surface area contributed by atoms with Gasteiger partial charge in [0.15, 0.2) is 0 Å². The second kappa shape index (κ2) is 5.81. The lowest BCUT2D eigenvalue weighted by atomic mass is 9.78. The Morgan fingerprint density at radius 2 is 1.71 bits per heavy atom. The summed E-state index contributed by atoms with van der Waals surface area (Å²) in [5.41, 5.74) is 1.29. The second-order valence-electron chi connectivity index (χ2n) is 4.78. The highest BCUT2D eigenvalue weighted by molar-refractivity contribution is 5.21. The minimum absolute atomic E-state index is 0.142. The van der Waals surface area contributed by atoms with Crippen molar-refractivity contribution < 1.29 is 4.39 Å². The number of halogens is 1. The molecule has 0 heterocycles. The highest BCUT2D eigenvalue weighted by Crippen LogP contribution is 2.36. The molecule has 1 aromatic carbocycles. The first-order valence-corrected chi connectivity index (χ1v) is 6.34. The summed E-state index contributed by atoms with van der Waals surface area (Å²) in [6.45, 7) is 3.69. The van der Waals surface area contributed by atoms with Gasteiger partial charge in [0.25, 0.3) is 0 Å². The van der Waals surface area contributed by atoms with Gasteiger partial charge in [0, 0.05) is 0 Å². The molecule has 2 rings (SSSR count). The largest absolute Gasteiger partial charge is 0.207 e. The molecule has 0 bridgehead atoms. The predicted octanol–water partition coefficient (Wildman–Crippen LogP) is 4.84. The highest BCUT2D eigenvalue weighted by atomic mass is 19.1. The number of hydrogen-bond acceptors (Lipinski definition) is 0. The molecule has 0 aromatic heterocycles. The summed E-state index contributed by atoms with van der Waals surface area (Å²) in [7, 11) is 0. The molecular formula is C16H19F. The molecule has 0 radical (unpaired) electrons. The molecule has 0 saturated heterocycles. The van der Waals surface area contributed by atoms with E-state index < -0.39 is 0 Å². The lowest BCUT2D eigenvalue weighted by Gasteiger charge is -2.27. The quantitative estimate of drug-likeness (QED) is 0.652. The monoisotopic (exact) mass is 230 g/mol. The summed E-state index contributed by atoms with van der Waals surface area (Å²) in [6.07, 6.45) is 11.0. The van der Waals surface area contributed by atoms with Crippen LogP contribution in [0.2, 0.25) is 0 Å². The molecule has 0 N–H and O–H groups in total. The van der Waals surface area contributed by atoms with Crippen LogP contribution in [-0.4, -0.2) is 0 Å². The highest BCUT2D eigenvalue weighted by Gasteiger charge is 2.20. The molecule has 1 aromatic rings. The Kier molecular flexibility index (Phi) is 4.13. The smallest absolute Gasteiger partial charge is 0.123 e. The van der Waals surface area contributed by atoms with Gasteiger partial charge in [-0.2, -0.15) is 0 Å². The predicted molar refractivity (Wildman–Crippen MR) is 70.4 cm³/mol. The Hall–Kier alpha value is -1.37. The van der Waals surface area contributed by atoms with E-state index in [0.29, 0.717) is 11.8 Å². The van der Waals surface area contributed by atoms with E-state index in [9.17, 15) is 4.39 Å². The first-order chi connectivity index (χ1) is 8.29. The maximum Gasteiger partial charge on any atom is 0.123 e. The lowest BCUT2D eigenvalue weighted by Crippen LogP contribution is -2.11. The topological polar surface area (TPSA) is 0 Å². The van der Waals surface area contributed by atoms with Gasteiger partial charge in [-0.05, 0) is 55.2 Å². The van der Waals surface area contributed by atoms with Gasteiger partial charge in [-0.3, -0.25) is 0 Å². The van der Waals surface area contributed by atoms with E-state index in [1.54, 1.807) is 12.1 Å². The van der Waals surface area contributed by atoms with E-state index in [4.69, 9.17) is 0 Å². The van der Waals surface area contributed by atoms with Crippen LogP contribution in [0.5, 0.6) is 0 Å². The van der Waals surface area contributed by atoms with Crippen LogP contribution < -0.4 is 0 Å². The van der Waals surface area contributed by atoms with Gasteiger partial charge in [-0.25, -0.2) is 4.39 Å². The van der Waals surface area contributed by atoms with Crippen LogP contribution in [0.4, 0.5) is 4.39 Å². The van der Waals surface area contributed by atoms with Gasteiger partial charge in [-0.15, -0.1) is 0 Å². The average Bonchev–Trinajstić information content (AvgIpc) is 2.38. The van der Waals surface area contributed by atoms with Gasteiger partial charge in [0.05, 0.1) is 0 Å². The van der Waals surface area contributed by atoms with Crippen molar-refractivity contribution in [3.63, 3.8) is 0 Å². The summed E-state index contributed by atoms with van der Waals surface area (Å²) in [5.74, 6) is 1.17. The Balaban J connectivity index is 1.92. The van der Waals surface area contributed by atoms with E-state index in [1.807, 2.05) is 24.3 Å². The van der Waals surface area contributed by atoms with Crippen LogP contribution in [0.1, 0.15) is 37.2 Å². The van der Waals surface area contributed by atoms with Crippen molar-refractivity contribution in [3.05, 3.63) is 60.5 Å². The third-order valence-corrected chi connectivity index (χ3v) is 3.63. The minimum Gasteiger partial charge on any atom is -0.207 e. The maximum atomic E-state index is 12.8. The molecule has 0 amide bonds. The zero-order chi connectivity index (χ0) is 12.1. The number of hydrogen-bond donors (Lipinski definition) is 0. The van der Waals surface area contributed by atoms with Gasteiger partial charge >= 0.3 is 0 Å². The van der Waals surface area contributed by atoms with Crippen molar-refractivity contribution in [1.82, 2.24) is 0 Å². The van der Waals surface area contributed by atoms with Gasteiger partial charge in [0.2, 0.25) is 0 Å². The van der Waals surface area contributed by atoms with Crippen molar-refractivity contribution in [2.45, 2.75) is 31.6 Å². The Morgan fingerprint density at radius 3 is 2.29 bits per heavy atom. The van der Waals surface area contributed by atoms with E-state index in [1.165, 1.54) is 31.2 Å². The normalized spacial score (nSPS) is 25.0. The lowest BCUT2D eigenvalue weighted by molar-refractivity contribution is 0.375. The van der Waals surface area contributed by atoms with E-state index in [0.717, 1.165) is 0 Å². The van der Waals surface area contributed by atoms with Crippen LogP contribution in [0, 0.1) is 11.7 Å². The summed E-state index contributed by atoms with van der Waals surface area (Å²) < 4.78 is 12.8. The fourth-order valence-corrected chi connectivity index (χ4v) is 2.62. The van der Waals surface area contributed by atoms with Gasteiger partial charge in [0.1, 0.15) is 5.82 Å². The van der Waals surface area contributed by atoms with Crippen LogP contribution in [0.15, 0.2) is 49.1 Å². The first kappa shape index (κ1) is 12.1. The van der Waals surface area contributed by atoms with Crippen molar-refractivity contribution >= 4 is 0 Å². The third kappa shape index (κ3) is 3.29. The SMILES string of the molecule is C=CC=CC1CCC(c2ccc(F)cc2)CC1. The summed E-state index contributed by atoms with van der Waals surface area (Å²) in [4.78, 5) is 0. The standard InChI is InChI=1S/C16H19F/c1-2-3-4-13-5-7-14(8-6-13)15-9-11-16(17)12-10-15/h2-4,9-14H,1,5-8H2. The fraction of sp³-hybridized carbons (Fsp3) is 0.375. The maximum absolute atomic E-state index is 12.8. The number of rotatable bonds is 3. The molecule has 0 nitrogen and oxygen atoms in total. The van der Waals surface area contributed by atoms with Gasteiger partial charge in [-0.1, -0.05) is 36.9 Å². The van der Waals surface area contributed by atoms with Crippen LogP contribution >= 0.6 is 0 Å². The van der Waals surface area contributed by atoms with E-state index in [-0.39, 0.29) is 5.82 Å². The van der Waals surface area contributed by atoms with Gasteiger partial charge < -0.3 is 0 Å².